The predicted octanol–water partition coefficient (Wildman–Crippen LogP) is 4.09. The van der Waals surface area contributed by atoms with Crippen LogP contribution in [-0.4, -0.2) is 56.1 Å². The molecule has 0 aliphatic carbocycles. The van der Waals surface area contributed by atoms with Gasteiger partial charge >= 0.3 is 0 Å². The van der Waals surface area contributed by atoms with E-state index in [9.17, 15) is 9.59 Å². The number of amides is 1. The first-order chi connectivity index (χ1) is 16.0. The molecule has 7 nitrogen and oxygen atoms in total. The molecule has 0 radical (unpaired) electrons. The molecule has 0 fully saturated rings. The fraction of sp³-hybridized carbons (Fsp3) is 0.385. The van der Waals surface area contributed by atoms with Gasteiger partial charge in [0.15, 0.2) is 16.9 Å². The number of fused-ring (bicyclic) bond motifs is 2. The van der Waals surface area contributed by atoms with Crippen LogP contribution in [0.15, 0.2) is 51.7 Å². The average Bonchev–Trinajstić information content (AvgIpc) is 3.09. The Morgan fingerprint density at radius 2 is 1.82 bits per heavy atom. The van der Waals surface area contributed by atoms with Gasteiger partial charge in [-0.1, -0.05) is 25.1 Å². The summed E-state index contributed by atoms with van der Waals surface area (Å²) in [6, 6.07) is 12.1. The number of rotatable bonds is 9. The molecule has 0 spiro atoms. The molecule has 2 heterocycles. The molecule has 7 heteroatoms. The molecule has 4 rings (SSSR count). The van der Waals surface area contributed by atoms with E-state index in [1.54, 1.807) is 29.2 Å². The van der Waals surface area contributed by atoms with Crippen LogP contribution < -0.4 is 14.9 Å². The summed E-state index contributed by atoms with van der Waals surface area (Å²) >= 11 is 0. The van der Waals surface area contributed by atoms with Gasteiger partial charge in [-0.2, -0.15) is 0 Å². The molecule has 174 valence electrons. The molecule has 33 heavy (non-hydrogen) atoms. The highest BCUT2D eigenvalue weighted by molar-refractivity contribution is 5.99. The Labute approximate surface area is 193 Å². The van der Waals surface area contributed by atoms with Gasteiger partial charge in [0.05, 0.1) is 30.2 Å². The van der Waals surface area contributed by atoms with Crippen molar-refractivity contribution in [2.24, 2.45) is 0 Å². The van der Waals surface area contributed by atoms with E-state index in [4.69, 9.17) is 13.9 Å². The Bertz CT molecular complexity index is 1220. The van der Waals surface area contributed by atoms with E-state index in [-0.39, 0.29) is 17.1 Å². The number of likely N-dealkylation sites (N-methyl/N-ethyl adjacent to an activating group) is 1. The maximum absolute atomic E-state index is 13.5. The number of benzene rings is 2. The standard InChI is InChI=1S/C26H30N2O5/c1-5-15-32-20-12-11-17(16-21(20)31-6-2)23-22-24(29)18-9-7-8-10-19(18)33-25(22)26(30)28(23)14-13-27(3)4/h7-12,16,23H,5-6,13-15H2,1-4H3. The van der Waals surface area contributed by atoms with Gasteiger partial charge in [-0.3, -0.25) is 9.59 Å². The topological polar surface area (TPSA) is 72.2 Å². The minimum absolute atomic E-state index is 0.117. The van der Waals surface area contributed by atoms with E-state index in [0.29, 0.717) is 54.3 Å². The van der Waals surface area contributed by atoms with Crippen LogP contribution in [0.25, 0.3) is 11.0 Å². The summed E-state index contributed by atoms with van der Waals surface area (Å²) in [7, 11) is 3.90. The molecular formula is C26H30N2O5. The Morgan fingerprint density at radius 1 is 1.03 bits per heavy atom. The average molecular weight is 451 g/mol. The molecular weight excluding hydrogens is 420 g/mol. The maximum Gasteiger partial charge on any atom is 0.290 e. The molecule has 0 bridgehead atoms. The van der Waals surface area contributed by atoms with Crippen molar-refractivity contribution >= 4 is 16.9 Å². The van der Waals surface area contributed by atoms with Crippen LogP contribution in [0.2, 0.25) is 0 Å². The fourth-order valence-electron chi connectivity index (χ4n) is 4.15. The van der Waals surface area contributed by atoms with Crippen LogP contribution in [-0.2, 0) is 0 Å². The number of hydrogen-bond acceptors (Lipinski definition) is 6. The third kappa shape index (κ3) is 4.33. The Morgan fingerprint density at radius 3 is 2.55 bits per heavy atom. The van der Waals surface area contributed by atoms with Crippen molar-refractivity contribution in [3.05, 3.63) is 69.6 Å². The van der Waals surface area contributed by atoms with Crippen molar-refractivity contribution < 1.29 is 18.7 Å². The van der Waals surface area contributed by atoms with Crippen LogP contribution in [0.1, 0.15) is 48.0 Å². The first kappa shape index (κ1) is 22.9. The van der Waals surface area contributed by atoms with Crippen molar-refractivity contribution in [3.8, 4) is 11.5 Å². The van der Waals surface area contributed by atoms with Gasteiger partial charge in [-0.25, -0.2) is 0 Å². The summed E-state index contributed by atoms with van der Waals surface area (Å²) < 4.78 is 17.7. The monoisotopic (exact) mass is 450 g/mol. The summed E-state index contributed by atoms with van der Waals surface area (Å²) in [6.07, 6.45) is 0.879. The minimum Gasteiger partial charge on any atom is -0.490 e. The van der Waals surface area contributed by atoms with Crippen molar-refractivity contribution in [3.63, 3.8) is 0 Å². The number of para-hydroxylation sites is 1. The Balaban J connectivity index is 1.87. The molecule has 1 aliphatic rings. The van der Waals surface area contributed by atoms with Crippen LogP contribution in [0.5, 0.6) is 11.5 Å². The summed E-state index contributed by atoms with van der Waals surface area (Å²) in [4.78, 5) is 30.7. The van der Waals surface area contributed by atoms with Crippen molar-refractivity contribution in [1.29, 1.82) is 0 Å². The van der Waals surface area contributed by atoms with Gasteiger partial charge in [0, 0.05) is 13.1 Å². The van der Waals surface area contributed by atoms with E-state index in [0.717, 1.165) is 12.0 Å². The zero-order valence-electron chi connectivity index (χ0n) is 19.6. The zero-order valence-corrected chi connectivity index (χ0v) is 19.6. The SMILES string of the molecule is CCCOc1ccc(C2c3c(oc4ccccc4c3=O)C(=O)N2CCN(C)C)cc1OCC. The highest BCUT2D eigenvalue weighted by atomic mass is 16.5. The second kappa shape index (κ2) is 9.67. The number of hydrogen-bond donors (Lipinski definition) is 0. The molecule has 3 aromatic rings. The van der Waals surface area contributed by atoms with Crippen molar-refractivity contribution in [2.45, 2.75) is 26.3 Å². The Kier molecular flexibility index (Phi) is 6.70. The quantitative estimate of drug-likeness (QED) is 0.489. The fourth-order valence-corrected chi connectivity index (χ4v) is 4.15. The van der Waals surface area contributed by atoms with Crippen LogP contribution >= 0.6 is 0 Å². The third-order valence-electron chi connectivity index (χ3n) is 5.71. The maximum atomic E-state index is 13.5. The van der Waals surface area contributed by atoms with Crippen molar-refractivity contribution in [2.75, 3.05) is 40.4 Å². The second-order valence-electron chi connectivity index (χ2n) is 8.36. The first-order valence-corrected chi connectivity index (χ1v) is 11.4. The molecule has 0 N–H and O–H groups in total. The lowest BCUT2D eigenvalue weighted by atomic mass is 9.98. The zero-order chi connectivity index (χ0) is 23.5. The molecule has 1 amide bonds. The van der Waals surface area contributed by atoms with E-state index < -0.39 is 6.04 Å². The van der Waals surface area contributed by atoms with E-state index in [1.165, 1.54) is 0 Å². The third-order valence-corrected chi connectivity index (χ3v) is 5.71. The van der Waals surface area contributed by atoms with Crippen LogP contribution in [0, 0.1) is 0 Å². The van der Waals surface area contributed by atoms with Gasteiger partial charge in [-0.15, -0.1) is 0 Å². The van der Waals surface area contributed by atoms with E-state index >= 15 is 0 Å². The number of carbonyl (C=O) groups excluding carboxylic acids is 1. The van der Waals surface area contributed by atoms with Gasteiger partial charge in [0.2, 0.25) is 5.76 Å². The number of nitrogens with zero attached hydrogens (tertiary/aromatic N) is 2. The van der Waals surface area contributed by atoms with Crippen molar-refractivity contribution in [1.82, 2.24) is 9.80 Å². The predicted molar refractivity (Wildman–Crippen MR) is 127 cm³/mol. The summed E-state index contributed by atoms with van der Waals surface area (Å²) in [5, 5.41) is 0.469. The lowest BCUT2D eigenvalue weighted by molar-refractivity contribution is 0.0716. The first-order valence-electron chi connectivity index (χ1n) is 11.4. The lowest BCUT2D eigenvalue weighted by Crippen LogP contribution is -2.35. The van der Waals surface area contributed by atoms with Gasteiger partial charge in [0.25, 0.3) is 5.91 Å². The normalized spacial score (nSPS) is 15.4. The summed E-state index contributed by atoms with van der Waals surface area (Å²) in [6.45, 7) is 6.11. The molecule has 0 saturated heterocycles. The van der Waals surface area contributed by atoms with Gasteiger partial charge in [0.1, 0.15) is 5.58 Å². The lowest BCUT2D eigenvalue weighted by Gasteiger charge is -2.27. The second-order valence-corrected chi connectivity index (χ2v) is 8.36. The van der Waals surface area contributed by atoms with E-state index in [1.807, 2.05) is 51.0 Å². The highest BCUT2D eigenvalue weighted by Crippen LogP contribution is 2.40. The number of ether oxygens (including phenoxy) is 2. The summed E-state index contributed by atoms with van der Waals surface area (Å²) in [5.74, 6) is 1.09. The number of carbonyl (C=O) groups is 1. The Hall–Kier alpha value is -3.32. The molecule has 1 aromatic heterocycles. The summed E-state index contributed by atoms with van der Waals surface area (Å²) in [5.41, 5.74) is 1.40. The van der Waals surface area contributed by atoms with Crippen LogP contribution in [0.3, 0.4) is 0 Å². The van der Waals surface area contributed by atoms with E-state index in [2.05, 4.69) is 0 Å². The van der Waals surface area contributed by atoms with Gasteiger partial charge in [-0.05, 0) is 57.3 Å². The largest absolute Gasteiger partial charge is 0.490 e. The molecule has 1 atom stereocenters. The molecule has 1 unspecified atom stereocenters. The molecule has 1 aliphatic heterocycles. The smallest absolute Gasteiger partial charge is 0.290 e. The molecule has 0 saturated carbocycles. The molecule has 2 aromatic carbocycles. The van der Waals surface area contributed by atoms with Crippen LogP contribution in [0.4, 0.5) is 0 Å². The van der Waals surface area contributed by atoms with Gasteiger partial charge < -0.3 is 23.7 Å². The minimum atomic E-state index is -0.562. The highest BCUT2D eigenvalue weighted by Gasteiger charge is 2.42.